The largest absolute Gasteiger partial charge is 0.366 e. The lowest BCUT2D eigenvalue weighted by Crippen LogP contribution is -2.48. The monoisotopic (exact) mass is 220 g/mol. The number of ether oxygens (including phenoxy) is 1. The molecule has 2 fully saturated rings. The zero-order valence-electron chi connectivity index (χ0n) is 8.36. The molecule has 1 saturated heterocycles. The number of carbonyl (C=O) groups is 1. The van der Waals surface area contributed by atoms with Crippen molar-refractivity contribution in [2.24, 2.45) is 0 Å². The Labute approximate surface area is 90.4 Å². The van der Waals surface area contributed by atoms with Crippen LogP contribution in [0.4, 0.5) is 0 Å². The molecule has 5 heteroatoms. The van der Waals surface area contributed by atoms with Crippen molar-refractivity contribution in [1.82, 2.24) is 10.2 Å². The predicted molar refractivity (Wildman–Crippen MR) is 55.6 cm³/mol. The molecule has 0 unspecified atom stereocenters. The fraction of sp³-hybridized carbons (Fsp3) is 0.889. The number of nitrogens with one attached hydrogen (secondary N) is 1. The SMILES string of the molecule is CN(C(=O)[C@@H]1CNCCO1)C1CC1.Cl. The molecule has 1 N–H and O–H groups in total. The van der Waals surface area contributed by atoms with E-state index < -0.39 is 0 Å². The normalized spacial score (nSPS) is 26.5. The van der Waals surface area contributed by atoms with Gasteiger partial charge < -0.3 is 15.0 Å². The third kappa shape index (κ3) is 2.59. The van der Waals surface area contributed by atoms with Crippen molar-refractivity contribution in [2.75, 3.05) is 26.7 Å². The molecule has 4 nitrogen and oxygen atoms in total. The predicted octanol–water partition coefficient (Wildman–Crippen LogP) is 0.0174. The molecule has 1 atom stereocenters. The van der Waals surface area contributed by atoms with E-state index in [4.69, 9.17) is 4.74 Å². The van der Waals surface area contributed by atoms with Crippen LogP contribution in [0, 0.1) is 0 Å². The van der Waals surface area contributed by atoms with Gasteiger partial charge in [-0.25, -0.2) is 0 Å². The van der Waals surface area contributed by atoms with Crippen molar-refractivity contribution in [2.45, 2.75) is 25.0 Å². The molecular formula is C9H17ClN2O2. The Bertz CT molecular complexity index is 203. The van der Waals surface area contributed by atoms with Gasteiger partial charge in [-0.1, -0.05) is 0 Å². The molecule has 1 aliphatic carbocycles. The van der Waals surface area contributed by atoms with Crippen LogP contribution >= 0.6 is 12.4 Å². The van der Waals surface area contributed by atoms with E-state index in [0.717, 1.165) is 19.4 Å². The van der Waals surface area contributed by atoms with Crippen LogP contribution in [-0.2, 0) is 9.53 Å². The van der Waals surface area contributed by atoms with E-state index in [1.54, 1.807) is 0 Å². The standard InChI is InChI=1S/C9H16N2O2.ClH/c1-11(7-2-3-7)9(12)8-6-10-4-5-13-8;/h7-8,10H,2-6H2,1H3;1H/t8-;/m0./s1. The maximum Gasteiger partial charge on any atom is 0.253 e. The number of halogens is 1. The summed E-state index contributed by atoms with van der Waals surface area (Å²) in [4.78, 5) is 13.6. The number of amides is 1. The molecule has 1 aliphatic heterocycles. The topological polar surface area (TPSA) is 41.6 Å². The van der Waals surface area contributed by atoms with Crippen molar-refractivity contribution in [3.63, 3.8) is 0 Å². The van der Waals surface area contributed by atoms with Crippen molar-refractivity contribution in [1.29, 1.82) is 0 Å². The van der Waals surface area contributed by atoms with Gasteiger partial charge in [0.05, 0.1) is 6.61 Å². The summed E-state index contributed by atoms with van der Waals surface area (Å²) in [5.41, 5.74) is 0. The van der Waals surface area contributed by atoms with Crippen molar-refractivity contribution < 1.29 is 9.53 Å². The van der Waals surface area contributed by atoms with Crippen LogP contribution in [0.5, 0.6) is 0 Å². The summed E-state index contributed by atoms with van der Waals surface area (Å²) in [6, 6.07) is 0.484. The van der Waals surface area contributed by atoms with Crippen LogP contribution in [0.2, 0.25) is 0 Å². The molecule has 2 aliphatic rings. The highest BCUT2D eigenvalue weighted by Gasteiger charge is 2.34. The summed E-state index contributed by atoms with van der Waals surface area (Å²) < 4.78 is 5.39. The number of hydrogen-bond acceptors (Lipinski definition) is 3. The number of nitrogens with zero attached hydrogens (tertiary/aromatic N) is 1. The van der Waals surface area contributed by atoms with E-state index >= 15 is 0 Å². The van der Waals surface area contributed by atoms with Crippen molar-refractivity contribution in [3.8, 4) is 0 Å². The summed E-state index contributed by atoms with van der Waals surface area (Å²) in [5, 5.41) is 3.16. The van der Waals surface area contributed by atoms with Crippen LogP contribution < -0.4 is 5.32 Å². The molecule has 82 valence electrons. The first kappa shape index (κ1) is 11.8. The van der Waals surface area contributed by atoms with Gasteiger partial charge in [0.15, 0.2) is 0 Å². The number of morpholine rings is 1. The van der Waals surface area contributed by atoms with Crippen LogP contribution in [-0.4, -0.2) is 49.7 Å². The molecule has 14 heavy (non-hydrogen) atoms. The Kier molecular flexibility index (Phi) is 4.16. The highest BCUT2D eigenvalue weighted by atomic mass is 35.5. The van der Waals surface area contributed by atoms with Gasteiger partial charge in [0.1, 0.15) is 6.10 Å². The van der Waals surface area contributed by atoms with E-state index in [1.165, 1.54) is 0 Å². The van der Waals surface area contributed by atoms with E-state index in [2.05, 4.69) is 5.32 Å². The smallest absolute Gasteiger partial charge is 0.253 e. The second-order valence-corrected chi connectivity index (χ2v) is 3.74. The van der Waals surface area contributed by atoms with Gasteiger partial charge in [-0.3, -0.25) is 4.79 Å². The molecule has 1 heterocycles. The highest BCUT2D eigenvalue weighted by Crippen LogP contribution is 2.26. The minimum Gasteiger partial charge on any atom is -0.366 e. The van der Waals surface area contributed by atoms with Crippen LogP contribution in [0.1, 0.15) is 12.8 Å². The Morgan fingerprint density at radius 1 is 1.50 bits per heavy atom. The first-order valence-corrected chi connectivity index (χ1v) is 4.88. The van der Waals surface area contributed by atoms with Gasteiger partial charge >= 0.3 is 0 Å². The molecule has 2 rings (SSSR count). The average Bonchev–Trinajstić information content (AvgIpc) is 3.00. The van der Waals surface area contributed by atoms with Gasteiger partial charge in [-0.2, -0.15) is 0 Å². The zero-order chi connectivity index (χ0) is 9.26. The second kappa shape index (κ2) is 4.96. The number of hydrogen-bond donors (Lipinski definition) is 1. The third-order valence-corrected chi connectivity index (χ3v) is 2.65. The highest BCUT2D eigenvalue weighted by molar-refractivity contribution is 5.85. The van der Waals surface area contributed by atoms with Crippen LogP contribution in [0.15, 0.2) is 0 Å². The maximum absolute atomic E-state index is 11.7. The number of rotatable bonds is 2. The Morgan fingerprint density at radius 2 is 2.21 bits per heavy atom. The van der Waals surface area contributed by atoms with E-state index in [-0.39, 0.29) is 24.4 Å². The van der Waals surface area contributed by atoms with E-state index in [0.29, 0.717) is 19.2 Å². The minimum atomic E-state index is -0.251. The van der Waals surface area contributed by atoms with Gasteiger partial charge in [0.25, 0.3) is 5.91 Å². The average molecular weight is 221 g/mol. The van der Waals surface area contributed by atoms with Gasteiger partial charge in [0, 0.05) is 26.2 Å². The molecule has 1 amide bonds. The summed E-state index contributed by atoms with van der Waals surface area (Å²) >= 11 is 0. The zero-order valence-corrected chi connectivity index (χ0v) is 9.18. The van der Waals surface area contributed by atoms with Crippen LogP contribution in [0.25, 0.3) is 0 Å². The summed E-state index contributed by atoms with van der Waals surface area (Å²) in [7, 11) is 1.87. The lowest BCUT2D eigenvalue weighted by molar-refractivity contribution is -0.144. The second-order valence-electron chi connectivity index (χ2n) is 3.74. The Balaban J connectivity index is 0.000000980. The molecule has 0 bridgehead atoms. The molecule has 1 saturated carbocycles. The maximum atomic E-state index is 11.7. The molecular weight excluding hydrogens is 204 g/mol. The summed E-state index contributed by atoms with van der Waals surface area (Å²) in [6.45, 7) is 2.17. The lowest BCUT2D eigenvalue weighted by atomic mass is 10.2. The summed E-state index contributed by atoms with van der Waals surface area (Å²) in [5.74, 6) is 0.134. The first-order chi connectivity index (χ1) is 6.29. The quantitative estimate of drug-likeness (QED) is 0.714. The number of likely N-dealkylation sites (N-methyl/N-ethyl adjacent to an activating group) is 1. The number of carbonyl (C=O) groups excluding carboxylic acids is 1. The Morgan fingerprint density at radius 3 is 2.71 bits per heavy atom. The van der Waals surface area contributed by atoms with Crippen LogP contribution in [0.3, 0.4) is 0 Å². The molecule has 0 aromatic rings. The van der Waals surface area contributed by atoms with E-state index in [1.807, 2.05) is 11.9 Å². The third-order valence-electron chi connectivity index (χ3n) is 2.65. The first-order valence-electron chi connectivity index (χ1n) is 4.88. The van der Waals surface area contributed by atoms with E-state index in [9.17, 15) is 4.79 Å². The van der Waals surface area contributed by atoms with Gasteiger partial charge in [-0.15, -0.1) is 12.4 Å². The Hall–Kier alpha value is -0.320. The van der Waals surface area contributed by atoms with Crippen molar-refractivity contribution in [3.05, 3.63) is 0 Å². The molecule has 0 aromatic heterocycles. The molecule has 0 aromatic carbocycles. The minimum absolute atomic E-state index is 0. The van der Waals surface area contributed by atoms with Gasteiger partial charge in [-0.05, 0) is 12.8 Å². The van der Waals surface area contributed by atoms with Crippen molar-refractivity contribution >= 4 is 18.3 Å². The van der Waals surface area contributed by atoms with Gasteiger partial charge in [0.2, 0.25) is 0 Å². The lowest BCUT2D eigenvalue weighted by Gasteiger charge is -2.27. The molecule has 0 spiro atoms. The fourth-order valence-corrected chi connectivity index (χ4v) is 1.59. The summed E-state index contributed by atoms with van der Waals surface area (Å²) in [6.07, 6.45) is 2.06. The molecule has 0 radical (unpaired) electrons. The fourth-order valence-electron chi connectivity index (χ4n) is 1.59.